The van der Waals surface area contributed by atoms with Crippen molar-refractivity contribution >= 4 is 45.4 Å². The van der Waals surface area contributed by atoms with Crippen LogP contribution >= 0.6 is 7.92 Å². The van der Waals surface area contributed by atoms with Gasteiger partial charge in [0.25, 0.3) is 0 Å². The van der Waals surface area contributed by atoms with Crippen molar-refractivity contribution in [3.05, 3.63) is 175 Å². The minimum absolute atomic E-state index is 0.791. The van der Waals surface area contributed by atoms with E-state index in [1.165, 1.54) is 59.7 Å². The lowest BCUT2D eigenvalue weighted by Gasteiger charge is -2.26. The Morgan fingerprint density at radius 1 is 0.375 bits per heavy atom. The number of hydrogen-bond acceptors (Lipinski definition) is 0. The fourth-order valence-electron chi connectivity index (χ4n) is 5.87. The monoisotopic (exact) mass is 528 g/mol. The molecule has 1 heteroatoms. The van der Waals surface area contributed by atoms with Crippen molar-refractivity contribution in [3.63, 3.8) is 0 Å². The van der Waals surface area contributed by atoms with Gasteiger partial charge in [0.15, 0.2) is 0 Å². The Hall–Kier alpha value is -4.51. The second kappa shape index (κ2) is 10.9. The number of rotatable bonds is 6. The molecule has 0 aliphatic rings. The van der Waals surface area contributed by atoms with E-state index in [1.54, 1.807) is 0 Å². The van der Waals surface area contributed by atoms with Gasteiger partial charge < -0.3 is 0 Å². The Kier molecular flexibility index (Phi) is 6.70. The van der Waals surface area contributed by atoms with E-state index in [2.05, 4.69) is 164 Å². The van der Waals surface area contributed by atoms with Crippen molar-refractivity contribution in [3.8, 4) is 11.1 Å². The highest BCUT2D eigenvalue weighted by Gasteiger charge is 2.24. The zero-order valence-electron chi connectivity index (χ0n) is 22.2. The average Bonchev–Trinajstić information content (AvgIpc) is 3.03. The van der Waals surface area contributed by atoms with E-state index >= 15 is 0 Å². The summed E-state index contributed by atoms with van der Waals surface area (Å²) in [6.45, 7) is 0. The zero-order chi connectivity index (χ0) is 26.7. The average molecular weight is 529 g/mol. The summed E-state index contributed by atoms with van der Waals surface area (Å²) in [5.41, 5.74) is 5.40. The van der Waals surface area contributed by atoms with Gasteiger partial charge >= 0.3 is 0 Å². The molecule has 0 aromatic heterocycles. The predicted molar refractivity (Wildman–Crippen MR) is 175 cm³/mol. The Labute approximate surface area is 237 Å². The number of hydrogen-bond donors (Lipinski definition) is 0. The van der Waals surface area contributed by atoms with Crippen LogP contribution in [0.15, 0.2) is 164 Å². The normalized spacial score (nSPS) is 11.3. The molecule has 0 amide bonds. The fourth-order valence-corrected chi connectivity index (χ4v) is 8.34. The van der Waals surface area contributed by atoms with Crippen LogP contribution in [0, 0.1) is 0 Å². The van der Waals surface area contributed by atoms with Crippen LogP contribution in [0.3, 0.4) is 0 Å². The molecule has 0 N–H and O–H groups in total. The van der Waals surface area contributed by atoms with Gasteiger partial charge in [-0.15, -0.1) is 0 Å². The van der Waals surface area contributed by atoms with Gasteiger partial charge in [-0.2, -0.15) is 0 Å². The summed E-state index contributed by atoms with van der Waals surface area (Å²) in [4.78, 5) is 0. The molecule has 0 radical (unpaired) electrons. The highest BCUT2D eigenvalue weighted by atomic mass is 31.1. The molecule has 0 saturated heterocycles. The van der Waals surface area contributed by atoms with Crippen molar-refractivity contribution in [1.29, 1.82) is 0 Å². The van der Waals surface area contributed by atoms with E-state index in [0.29, 0.717) is 0 Å². The summed E-state index contributed by atoms with van der Waals surface area (Å²) in [6, 6.07) is 60.1. The van der Waals surface area contributed by atoms with Crippen molar-refractivity contribution in [2.45, 2.75) is 6.42 Å². The highest BCUT2D eigenvalue weighted by Crippen LogP contribution is 2.43. The molecule has 7 rings (SSSR count). The van der Waals surface area contributed by atoms with Crippen LogP contribution < -0.4 is 15.9 Å². The largest absolute Gasteiger partial charge is 0.0622 e. The van der Waals surface area contributed by atoms with Gasteiger partial charge in [0.05, 0.1) is 0 Å². The zero-order valence-corrected chi connectivity index (χ0v) is 23.1. The van der Waals surface area contributed by atoms with Gasteiger partial charge in [-0.25, -0.2) is 0 Å². The molecule has 7 aromatic carbocycles. The second-order valence-electron chi connectivity index (χ2n) is 10.2. The third-order valence-electron chi connectivity index (χ3n) is 7.68. The maximum Gasteiger partial charge on any atom is -0.00126 e. The van der Waals surface area contributed by atoms with Crippen LogP contribution in [0.2, 0.25) is 0 Å². The van der Waals surface area contributed by atoms with E-state index in [1.807, 2.05) is 0 Å². The van der Waals surface area contributed by atoms with Crippen LogP contribution in [-0.4, -0.2) is 0 Å². The first-order valence-corrected chi connectivity index (χ1v) is 15.2. The van der Waals surface area contributed by atoms with Gasteiger partial charge in [-0.05, 0) is 74.1 Å². The van der Waals surface area contributed by atoms with E-state index < -0.39 is 7.92 Å². The molecule has 40 heavy (non-hydrogen) atoms. The van der Waals surface area contributed by atoms with Crippen LogP contribution in [-0.2, 0) is 6.42 Å². The van der Waals surface area contributed by atoms with Crippen LogP contribution in [0.4, 0.5) is 0 Å². The van der Waals surface area contributed by atoms with Gasteiger partial charge in [-0.1, -0.05) is 164 Å². The lowest BCUT2D eigenvalue weighted by atomic mass is 9.88. The highest BCUT2D eigenvalue weighted by molar-refractivity contribution is 7.80. The number of benzene rings is 7. The van der Waals surface area contributed by atoms with Crippen LogP contribution in [0.1, 0.15) is 11.1 Å². The Balaban J connectivity index is 1.59. The van der Waals surface area contributed by atoms with Crippen molar-refractivity contribution in [2.24, 2.45) is 0 Å². The SMILES string of the molecule is c1ccc(Cc2ccc3ccccc3c2-c2c(P(c3ccccc3)c3ccccc3)ccc3ccccc23)cc1. The van der Waals surface area contributed by atoms with Gasteiger partial charge in [-0.3, -0.25) is 0 Å². The Morgan fingerprint density at radius 2 is 0.850 bits per heavy atom. The molecule has 0 bridgehead atoms. The van der Waals surface area contributed by atoms with Gasteiger partial charge in [0.2, 0.25) is 0 Å². The van der Waals surface area contributed by atoms with E-state index in [0.717, 1.165) is 6.42 Å². The third kappa shape index (κ3) is 4.62. The standard InChI is InChI=1S/C39H29P/c1-4-14-29(15-5-1)28-32-25-24-30-16-10-12-22-35(30)38(32)39-36-23-13-11-17-31(36)26-27-37(39)40(33-18-6-2-7-19-33)34-20-8-3-9-21-34/h1-27H,28H2. The quantitative estimate of drug-likeness (QED) is 0.189. The summed E-state index contributed by atoms with van der Waals surface area (Å²) in [7, 11) is -0.791. The molecule has 0 fully saturated rings. The predicted octanol–water partition coefficient (Wildman–Crippen LogP) is 9.01. The Bertz CT molecular complexity index is 1870. The molecule has 190 valence electrons. The smallest absolute Gasteiger partial charge is 0.00126 e. The number of fused-ring (bicyclic) bond motifs is 2. The lowest BCUT2D eigenvalue weighted by molar-refractivity contribution is 1.20. The first-order chi connectivity index (χ1) is 19.9. The molecule has 0 heterocycles. The molecule has 0 saturated carbocycles. The molecule has 0 atom stereocenters. The maximum absolute atomic E-state index is 2.40. The lowest BCUT2D eigenvalue weighted by Crippen LogP contribution is -2.22. The van der Waals surface area contributed by atoms with E-state index in [4.69, 9.17) is 0 Å². The van der Waals surface area contributed by atoms with Crippen molar-refractivity contribution in [1.82, 2.24) is 0 Å². The summed E-state index contributed by atoms with van der Waals surface area (Å²) in [5, 5.41) is 9.30. The molecular weight excluding hydrogens is 499 g/mol. The van der Waals surface area contributed by atoms with Gasteiger partial charge in [0, 0.05) is 0 Å². The molecular formula is C39H29P. The van der Waals surface area contributed by atoms with Crippen LogP contribution in [0.25, 0.3) is 32.7 Å². The molecule has 0 spiro atoms. The van der Waals surface area contributed by atoms with Crippen LogP contribution in [0.5, 0.6) is 0 Å². The van der Waals surface area contributed by atoms with E-state index in [-0.39, 0.29) is 0 Å². The first kappa shape index (κ1) is 24.5. The molecule has 0 nitrogen and oxygen atoms in total. The summed E-state index contributed by atoms with van der Waals surface area (Å²) in [5.74, 6) is 0. The topological polar surface area (TPSA) is 0 Å². The minimum atomic E-state index is -0.791. The maximum atomic E-state index is 2.40. The second-order valence-corrected chi connectivity index (χ2v) is 12.4. The minimum Gasteiger partial charge on any atom is -0.0622 e. The third-order valence-corrected chi connectivity index (χ3v) is 10.2. The molecule has 0 aliphatic heterocycles. The van der Waals surface area contributed by atoms with Crippen molar-refractivity contribution < 1.29 is 0 Å². The van der Waals surface area contributed by atoms with Crippen molar-refractivity contribution in [2.75, 3.05) is 0 Å². The molecule has 0 aliphatic carbocycles. The Morgan fingerprint density at radius 3 is 1.45 bits per heavy atom. The summed E-state index contributed by atoms with van der Waals surface area (Å²) in [6.07, 6.45) is 0.887. The summed E-state index contributed by atoms with van der Waals surface area (Å²) < 4.78 is 0. The fraction of sp³-hybridized carbons (Fsp3) is 0.0256. The first-order valence-electron chi connectivity index (χ1n) is 13.8. The molecule has 7 aromatic rings. The van der Waals surface area contributed by atoms with Gasteiger partial charge in [0.1, 0.15) is 0 Å². The summed E-state index contributed by atoms with van der Waals surface area (Å²) >= 11 is 0. The molecule has 0 unspecified atom stereocenters. The van der Waals surface area contributed by atoms with E-state index in [9.17, 15) is 0 Å².